The number of piperidine rings is 1. The summed E-state index contributed by atoms with van der Waals surface area (Å²) in [5.41, 5.74) is 0. The lowest BCUT2D eigenvalue weighted by atomic mass is 10.2. The first-order chi connectivity index (χ1) is 14.0. The molecule has 0 atom stereocenters. The zero-order valence-electron chi connectivity index (χ0n) is 16.4. The molecule has 2 fully saturated rings. The van der Waals surface area contributed by atoms with Crippen molar-refractivity contribution in [2.24, 2.45) is 0 Å². The number of anilines is 1. The molecular formula is C19H26N6O3S. The molecule has 0 bridgehead atoms. The molecule has 0 spiro atoms. The van der Waals surface area contributed by atoms with E-state index in [9.17, 15) is 13.2 Å². The van der Waals surface area contributed by atoms with Gasteiger partial charge in [-0.25, -0.2) is 18.4 Å². The lowest BCUT2D eigenvalue weighted by Crippen LogP contribution is -2.49. The zero-order valence-corrected chi connectivity index (χ0v) is 17.2. The summed E-state index contributed by atoms with van der Waals surface area (Å²) < 4.78 is 28.5. The van der Waals surface area contributed by atoms with Crippen LogP contribution in [0.15, 0.2) is 41.9 Å². The molecule has 9 nitrogen and oxygen atoms in total. The van der Waals surface area contributed by atoms with Gasteiger partial charge in [-0.05, 0) is 25.0 Å². The predicted octanol–water partition coefficient (Wildman–Crippen LogP) is 0.802. The van der Waals surface area contributed by atoms with Gasteiger partial charge < -0.3 is 14.4 Å². The van der Waals surface area contributed by atoms with Crippen molar-refractivity contribution in [3.8, 4) is 0 Å². The van der Waals surface area contributed by atoms with Gasteiger partial charge in [0.1, 0.15) is 12.4 Å². The molecule has 10 heteroatoms. The van der Waals surface area contributed by atoms with Crippen molar-refractivity contribution in [2.45, 2.75) is 30.8 Å². The fourth-order valence-corrected chi connectivity index (χ4v) is 5.23. The second-order valence-corrected chi connectivity index (χ2v) is 9.29. The van der Waals surface area contributed by atoms with Gasteiger partial charge in [0, 0.05) is 51.7 Å². The van der Waals surface area contributed by atoms with E-state index in [4.69, 9.17) is 0 Å². The number of hydrogen-bond acceptors (Lipinski definition) is 6. The summed E-state index contributed by atoms with van der Waals surface area (Å²) in [7, 11) is -3.58. The molecule has 2 aliphatic rings. The first-order valence-electron chi connectivity index (χ1n) is 10.00. The number of carbonyl (C=O) groups is 1. The number of imidazole rings is 1. The third kappa shape index (κ3) is 4.43. The number of pyridine rings is 1. The molecule has 2 aromatic rings. The number of rotatable bonds is 5. The third-order valence-corrected chi connectivity index (χ3v) is 7.24. The van der Waals surface area contributed by atoms with E-state index in [2.05, 4.69) is 14.9 Å². The average Bonchev–Trinajstić information content (AvgIpc) is 3.24. The first-order valence-corrected chi connectivity index (χ1v) is 11.4. The van der Waals surface area contributed by atoms with E-state index in [1.807, 2.05) is 18.2 Å². The summed E-state index contributed by atoms with van der Waals surface area (Å²) in [6, 6.07) is 5.80. The largest absolute Gasteiger partial charge is 0.353 e. The molecule has 0 aliphatic carbocycles. The van der Waals surface area contributed by atoms with Crippen LogP contribution >= 0.6 is 0 Å². The Morgan fingerprint density at radius 3 is 2.41 bits per heavy atom. The number of nitrogens with zero attached hydrogens (tertiary/aromatic N) is 6. The Morgan fingerprint density at radius 1 is 0.966 bits per heavy atom. The molecule has 4 rings (SSSR count). The van der Waals surface area contributed by atoms with Crippen molar-refractivity contribution in [1.29, 1.82) is 0 Å². The molecule has 0 unspecified atom stereocenters. The quantitative estimate of drug-likeness (QED) is 0.713. The van der Waals surface area contributed by atoms with Gasteiger partial charge in [0.25, 0.3) is 10.0 Å². The van der Waals surface area contributed by atoms with E-state index in [1.54, 1.807) is 15.7 Å². The molecule has 4 heterocycles. The molecule has 2 saturated heterocycles. The van der Waals surface area contributed by atoms with E-state index >= 15 is 0 Å². The number of amides is 1. The number of aromatic nitrogens is 3. The summed E-state index contributed by atoms with van der Waals surface area (Å²) in [6.07, 6.45) is 7.47. The normalized spacial score (nSPS) is 18.8. The van der Waals surface area contributed by atoms with E-state index in [0.717, 1.165) is 38.2 Å². The predicted molar refractivity (Wildman–Crippen MR) is 108 cm³/mol. The minimum Gasteiger partial charge on any atom is -0.353 e. The second kappa shape index (κ2) is 8.50. The lowest BCUT2D eigenvalue weighted by Gasteiger charge is -2.35. The fraction of sp³-hybridized carbons (Fsp3) is 0.526. The maximum atomic E-state index is 12.7. The topological polar surface area (TPSA) is 91.6 Å². The van der Waals surface area contributed by atoms with Crippen LogP contribution in [0.5, 0.6) is 0 Å². The van der Waals surface area contributed by atoms with Gasteiger partial charge in [-0.1, -0.05) is 12.5 Å². The molecule has 2 aromatic heterocycles. The summed E-state index contributed by atoms with van der Waals surface area (Å²) in [4.78, 5) is 25.0. The van der Waals surface area contributed by atoms with E-state index in [1.165, 1.54) is 16.8 Å². The van der Waals surface area contributed by atoms with Gasteiger partial charge in [-0.15, -0.1) is 0 Å². The second-order valence-electron chi connectivity index (χ2n) is 7.40. The van der Waals surface area contributed by atoms with Gasteiger partial charge in [0.05, 0.1) is 6.33 Å². The summed E-state index contributed by atoms with van der Waals surface area (Å²) >= 11 is 0. The van der Waals surface area contributed by atoms with E-state index in [0.29, 0.717) is 26.2 Å². The smallest absolute Gasteiger partial charge is 0.262 e. The Morgan fingerprint density at radius 2 is 1.72 bits per heavy atom. The Bertz CT molecular complexity index is 932. The molecule has 2 aliphatic heterocycles. The van der Waals surface area contributed by atoms with Crippen molar-refractivity contribution in [3.05, 3.63) is 36.9 Å². The summed E-state index contributed by atoms with van der Waals surface area (Å²) in [5, 5.41) is 0.0205. The van der Waals surface area contributed by atoms with Crippen LogP contribution in [0.2, 0.25) is 0 Å². The minimum absolute atomic E-state index is 0.0205. The lowest BCUT2D eigenvalue weighted by molar-refractivity contribution is -0.132. The molecule has 0 radical (unpaired) electrons. The Labute approximate surface area is 171 Å². The van der Waals surface area contributed by atoms with Crippen LogP contribution in [0.3, 0.4) is 0 Å². The highest BCUT2D eigenvalue weighted by atomic mass is 32.2. The van der Waals surface area contributed by atoms with Crippen LogP contribution in [0.25, 0.3) is 0 Å². The highest BCUT2D eigenvalue weighted by molar-refractivity contribution is 7.89. The SMILES string of the molecule is O=C(Cn1cnc(S(=O)(=O)N2CCCCC2)c1)N1CCN(c2ccccn2)CC1. The minimum atomic E-state index is -3.58. The zero-order chi connectivity index (χ0) is 20.3. The number of piperazine rings is 1. The number of carbonyl (C=O) groups excluding carboxylic acids is 1. The first kappa shape index (κ1) is 19.8. The van der Waals surface area contributed by atoms with Gasteiger partial charge in [-0.3, -0.25) is 4.79 Å². The molecular weight excluding hydrogens is 392 g/mol. The molecule has 0 N–H and O–H groups in total. The fourth-order valence-electron chi connectivity index (χ4n) is 3.78. The highest BCUT2D eigenvalue weighted by Crippen LogP contribution is 2.19. The maximum Gasteiger partial charge on any atom is 0.262 e. The standard InChI is InChI=1S/C19H26N6O3S/c26-19(24-12-10-23(11-13-24)17-6-2-3-7-20-17)15-22-14-18(21-16-22)29(27,28)25-8-4-1-5-9-25/h2-3,6-7,14,16H,1,4-5,8-13,15H2. The van der Waals surface area contributed by atoms with Crippen LogP contribution in [-0.4, -0.2) is 77.3 Å². The molecule has 0 aromatic carbocycles. The van der Waals surface area contributed by atoms with Gasteiger partial charge in [0.15, 0.2) is 5.03 Å². The van der Waals surface area contributed by atoms with Crippen LogP contribution in [0.4, 0.5) is 5.82 Å². The van der Waals surface area contributed by atoms with Crippen LogP contribution in [-0.2, 0) is 21.4 Å². The van der Waals surface area contributed by atoms with Gasteiger partial charge in [0.2, 0.25) is 5.91 Å². The summed E-state index contributed by atoms with van der Waals surface area (Å²) in [6.45, 7) is 3.84. The van der Waals surface area contributed by atoms with Crippen molar-refractivity contribution in [1.82, 2.24) is 23.7 Å². The summed E-state index contributed by atoms with van der Waals surface area (Å²) in [5.74, 6) is 0.881. The van der Waals surface area contributed by atoms with Crippen molar-refractivity contribution >= 4 is 21.7 Å². The van der Waals surface area contributed by atoms with Crippen molar-refractivity contribution in [2.75, 3.05) is 44.2 Å². The van der Waals surface area contributed by atoms with Gasteiger partial charge >= 0.3 is 0 Å². The van der Waals surface area contributed by atoms with E-state index < -0.39 is 10.0 Å². The third-order valence-electron chi connectivity index (χ3n) is 5.45. The highest BCUT2D eigenvalue weighted by Gasteiger charge is 2.28. The van der Waals surface area contributed by atoms with Gasteiger partial charge in [-0.2, -0.15) is 4.31 Å². The Hall–Kier alpha value is -2.46. The Balaban J connectivity index is 1.34. The van der Waals surface area contributed by atoms with E-state index in [-0.39, 0.29) is 17.5 Å². The molecule has 29 heavy (non-hydrogen) atoms. The Kier molecular flexibility index (Phi) is 5.81. The monoisotopic (exact) mass is 418 g/mol. The number of hydrogen-bond donors (Lipinski definition) is 0. The molecule has 1 amide bonds. The van der Waals surface area contributed by atoms with Crippen molar-refractivity contribution in [3.63, 3.8) is 0 Å². The number of sulfonamides is 1. The molecule has 0 saturated carbocycles. The molecule has 156 valence electrons. The van der Waals surface area contributed by atoms with Crippen LogP contribution in [0, 0.1) is 0 Å². The van der Waals surface area contributed by atoms with Crippen LogP contribution in [0.1, 0.15) is 19.3 Å². The maximum absolute atomic E-state index is 12.7. The van der Waals surface area contributed by atoms with Crippen LogP contribution < -0.4 is 4.90 Å². The average molecular weight is 419 g/mol. The van der Waals surface area contributed by atoms with Crippen molar-refractivity contribution < 1.29 is 13.2 Å².